The summed E-state index contributed by atoms with van der Waals surface area (Å²) in [6, 6.07) is 7.69. The summed E-state index contributed by atoms with van der Waals surface area (Å²) < 4.78 is 71.0. The van der Waals surface area contributed by atoms with Gasteiger partial charge in [-0.05, 0) is 54.2 Å². The zero-order valence-electron chi connectivity index (χ0n) is 15.8. The van der Waals surface area contributed by atoms with E-state index in [4.69, 9.17) is 4.74 Å². The van der Waals surface area contributed by atoms with E-state index in [1.54, 1.807) is 13.0 Å². The van der Waals surface area contributed by atoms with Gasteiger partial charge in [0.25, 0.3) is 0 Å². The fourth-order valence-electron chi connectivity index (χ4n) is 3.70. The van der Waals surface area contributed by atoms with Crippen LogP contribution in [0.25, 0.3) is 22.0 Å². The number of benzene rings is 2. The minimum Gasteiger partial charge on any atom is -0.466 e. The second-order valence-corrected chi connectivity index (χ2v) is 7.14. The molecule has 158 valence electrons. The monoisotopic (exact) mass is 424 g/mol. The van der Waals surface area contributed by atoms with Gasteiger partial charge in [0.1, 0.15) is 0 Å². The van der Waals surface area contributed by atoms with Crippen LogP contribution in [0, 0.1) is 5.92 Å². The number of hydrogen-bond acceptors (Lipinski definition) is 3. The normalized spacial score (nSPS) is 18.8. The molecule has 4 nitrogen and oxygen atoms in total. The number of rotatable bonds is 5. The molecule has 1 fully saturated rings. The number of alkyl halides is 5. The van der Waals surface area contributed by atoms with E-state index >= 15 is 0 Å². The van der Waals surface area contributed by atoms with Crippen molar-refractivity contribution in [1.29, 1.82) is 0 Å². The van der Waals surface area contributed by atoms with Crippen LogP contribution in [0.1, 0.15) is 36.9 Å². The second-order valence-electron chi connectivity index (χ2n) is 7.14. The van der Waals surface area contributed by atoms with Crippen LogP contribution >= 0.6 is 0 Å². The molecule has 1 aliphatic rings. The first-order valence-corrected chi connectivity index (χ1v) is 9.34. The third-order valence-electron chi connectivity index (χ3n) is 5.26. The zero-order valence-corrected chi connectivity index (χ0v) is 15.8. The van der Waals surface area contributed by atoms with E-state index in [-0.39, 0.29) is 29.9 Å². The van der Waals surface area contributed by atoms with E-state index in [2.05, 4.69) is 5.10 Å². The van der Waals surface area contributed by atoms with E-state index in [9.17, 15) is 26.7 Å². The van der Waals surface area contributed by atoms with Crippen LogP contribution in [-0.4, -0.2) is 22.4 Å². The van der Waals surface area contributed by atoms with E-state index in [0.29, 0.717) is 33.2 Å². The summed E-state index contributed by atoms with van der Waals surface area (Å²) in [6.07, 6.45) is -2.62. The van der Waals surface area contributed by atoms with Crippen molar-refractivity contribution < 1.29 is 31.5 Å². The predicted octanol–water partition coefficient (Wildman–Crippen LogP) is 5.78. The molecule has 0 saturated heterocycles. The molecule has 0 unspecified atom stereocenters. The maximum atomic E-state index is 13.4. The molecular formula is C21H17F5N2O2. The van der Waals surface area contributed by atoms with Crippen molar-refractivity contribution in [2.45, 2.75) is 32.0 Å². The number of fused-ring (bicyclic) bond motifs is 1. The molecule has 9 heteroatoms. The molecule has 1 aliphatic carbocycles. The second kappa shape index (κ2) is 7.37. The molecule has 30 heavy (non-hydrogen) atoms. The Balaban J connectivity index is 1.79. The summed E-state index contributed by atoms with van der Waals surface area (Å²) in [5, 5.41) is 4.24. The van der Waals surface area contributed by atoms with E-state index in [1.807, 2.05) is 0 Å². The minimum atomic E-state index is -4.47. The zero-order chi connectivity index (χ0) is 21.6. The summed E-state index contributed by atoms with van der Waals surface area (Å²) in [6.45, 7) is -0.934. The smallest absolute Gasteiger partial charge is 0.416 e. The first kappa shape index (κ1) is 20.3. The Morgan fingerprint density at radius 3 is 2.50 bits per heavy atom. The van der Waals surface area contributed by atoms with Crippen molar-refractivity contribution in [3.63, 3.8) is 0 Å². The van der Waals surface area contributed by atoms with Gasteiger partial charge in [0.05, 0.1) is 29.8 Å². The van der Waals surface area contributed by atoms with Crippen molar-refractivity contribution >= 4 is 16.9 Å². The lowest BCUT2D eigenvalue weighted by Crippen LogP contribution is -2.07. The molecule has 1 saturated carbocycles. The van der Waals surface area contributed by atoms with Crippen molar-refractivity contribution in [3.8, 4) is 11.1 Å². The van der Waals surface area contributed by atoms with Gasteiger partial charge < -0.3 is 4.74 Å². The average Bonchev–Trinajstić information content (AvgIpc) is 3.37. The number of nitrogens with zero attached hydrogens (tertiary/aromatic N) is 2. The number of aromatic nitrogens is 2. The number of hydrogen-bond donors (Lipinski definition) is 0. The van der Waals surface area contributed by atoms with Crippen LogP contribution in [0.4, 0.5) is 22.0 Å². The van der Waals surface area contributed by atoms with Crippen molar-refractivity contribution in [3.05, 3.63) is 53.7 Å². The third kappa shape index (κ3) is 3.64. The molecule has 1 aromatic heterocycles. The maximum Gasteiger partial charge on any atom is 0.416 e. The van der Waals surface area contributed by atoms with E-state index in [1.165, 1.54) is 24.4 Å². The van der Waals surface area contributed by atoms with Gasteiger partial charge in [0.15, 0.2) is 0 Å². The highest BCUT2D eigenvalue weighted by Gasteiger charge is 2.46. The van der Waals surface area contributed by atoms with Gasteiger partial charge in [0.2, 0.25) is 0 Å². The Hall–Kier alpha value is -2.97. The number of carbonyl (C=O) groups is 1. The third-order valence-corrected chi connectivity index (χ3v) is 5.26. The van der Waals surface area contributed by atoms with Gasteiger partial charge in [0, 0.05) is 5.39 Å². The average molecular weight is 424 g/mol. The first-order valence-electron chi connectivity index (χ1n) is 9.34. The first-order chi connectivity index (χ1) is 14.2. The van der Waals surface area contributed by atoms with Gasteiger partial charge in [-0.2, -0.15) is 27.1 Å². The van der Waals surface area contributed by atoms with E-state index < -0.39 is 18.3 Å². The summed E-state index contributed by atoms with van der Waals surface area (Å²) in [4.78, 5) is 12.1. The predicted molar refractivity (Wildman–Crippen MR) is 98.9 cm³/mol. The molecule has 0 radical (unpaired) electrons. The Morgan fingerprint density at radius 1 is 1.20 bits per heavy atom. The molecule has 2 aromatic carbocycles. The molecule has 0 aliphatic heterocycles. The van der Waals surface area contributed by atoms with Gasteiger partial charge in [-0.3, -0.25) is 4.79 Å². The minimum absolute atomic E-state index is 0.159. The van der Waals surface area contributed by atoms with Crippen molar-refractivity contribution in [2.75, 3.05) is 6.61 Å². The summed E-state index contributed by atoms with van der Waals surface area (Å²) >= 11 is 0. The molecule has 4 rings (SSSR count). The molecule has 0 spiro atoms. The Bertz CT molecular complexity index is 1090. The molecule has 0 bridgehead atoms. The molecule has 3 aromatic rings. The highest BCUT2D eigenvalue weighted by molar-refractivity contribution is 5.90. The van der Waals surface area contributed by atoms with Crippen LogP contribution in [0.2, 0.25) is 0 Å². The quantitative estimate of drug-likeness (QED) is 0.385. The van der Waals surface area contributed by atoms with Gasteiger partial charge in [-0.1, -0.05) is 18.2 Å². The SMILES string of the molecule is CCOC(=O)[C@@H]1C[C@H]1c1cc(-c2ccc(C(F)(F)F)cc2)cc2c1cnn2C(F)F. The fraction of sp³-hybridized carbons (Fsp3) is 0.333. The Labute approximate surface area is 168 Å². The lowest BCUT2D eigenvalue weighted by Gasteiger charge is -2.11. The molecular weight excluding hydrogens is 407 g/mol. The summed E-state index contributed by atoms with van der Waals surface area (Å²) in [7, 11) is 0. The highest BCUT2D eigenvalue weighted by atomic mass is 19.4. The number of ether oxygens (including phenoxy) is 1. The number of halogens is 5. The van der Waals surface area contributed by atoms with Crippen LogP contribution in [0.3, 0.4) is 0 Å². The molecule has 0 N–H and O–H groups in total. The molecule has 0 amide bonds. The number of esters is 1. The van der Waals surface area contributed by atoms with Crippen LogP contribution < -0.4 is 0 Å². The van der Waals surface area contributed by atoms with Crippen molar-refractivity contribution in [1.82, 2.24) is 9.78 Å². The van der Waals surface area contributed by atoms with Gasteiger partial charge in [-0.15, -0.1) is 0 Å². The number of carbonyl (C=O) groups excluding carboxylic acids is 1. The summed E-state index contributed by atoms with van der Waals surface area (Å²) in [5.74, 6) is -0.931. The fourth-order valence-corrected chi connectivity index (χ4v) is 3.70. The molecule has 1 heterocycles. The summed E-state index contributed by atoms with van der Waals surface area (Å²) in [5.41, 5.74) is 0.943. The maximum absolute atomic E-state index is 13.4. The standard InChI is InChI=1S/C21H17F5N2O2/c1-2-30-19(29)16-9-15(16)14-7-12(8-18-17(14)10-27-28(18)20(22)23)11-3-5-13(6-4-11)21(24,25)26/h3-8,10,15-16,20H,2,9H2,1H3/t15-,16+/m0/s1. The lowest BCUT2D eigenvalue weighted by molar-refractivity contribution is -0.144. The van der Waals surface area contributed by atoms with Gasteiger partial charge in [-0.25, -0.2) is 4.68 Å². The largest absolute Gasteiger partial charge is 0.466 e. The Morgan fingerprint density at radius 2 is 1.90 bits per heavy atom. The Kier molecular flexibility index (Phi) is 4.99. The van der Waals surface area contributed by atoms with Crippen LogP contribution in [-0.2, 0) is 15.7 Å². The topological polar surface area (TPSA) is 44.1 Å². The van der Waals surface area contributed by atoms with Crippen LogP contribution in [0.15, 0.2) is 42.6 Å². The molecule has 2 atom stereocenters. The van der Waals surface area contributed by atoms with E-state index in [0.717, 1.165) is 12.1 Å². The van der Waals surface area contributed by atoms with Crippen LogP contribution in [0.5, 0.6) is 0 Å². The lowest BCUT2D eigenvalue weighted by atomic mass is 9.96. The van der Waals surface area contributed by atoms with Crippen molar-refractivity contribution in [2.24, 2.45) is 5.92 Å². The van der Waals surface area contributed by atoms with Gasteiger partial charge >= 0.3 is 18.7 Å². The highest BCUT2D eigenvalue weighted by Crippen LogP contribution is 2.51.